The van der Waals surface area contributed by atoms with Gasteiger partial charge >= 0.3 is 6.03 Å². The van der Waals surface area contributed by atoms with Crippen LogP contribution in [0.2, 0.25) is 0 Å². The summed E-state index contributed by atoms with van der Waals surface area (Å²) in [6.45, 7) is 2.94. The molecule has 0 saturated heterocycles. The lowest BCUT2D eigenvalue weighted by Gasteiger charge is -2.24. The Hall–Kier alpha value is -0.730. The first-order valence-corrected chi connectivity index (χ1v) is 5.76. The van der Waals surface area contributed by atoms with Crippen molar-refractivity contribution in [2.24, 2.45) is 0 Å². The normalized spacial score (nSPS) is 17.0. The van der Waals surface area contributed by atoms with E-state index in [1.807, 2.05) is 11.9 Å². The standard InChI is InChI=1S/C11H22N2O/c1-3-4-9-12-11(14)13(2)10-7-5-6-8-10/h10H,3-9H2,1-2H3,(H,12,14). The van der Waals surface area contributed by atoms with Crippen molar-refractivity contribution in [1.82, 2.24) is 10.2 Å². The molecule has 14 heavy (non-hydrogen) atoms. The minimum absolute atomic E-state index is 0.102. The molecule has 0 aliphatic heterocycles. The summed E-state index contributed by atoms with van der Waals surface area (Å²) in [6.07, 6.45) is 7.11. The Kier molecular flexibility index (Phi) is 4.77. The van der Waals surface area contributed by atoms with E-state index in [0.29, 0.717) is 6.04 Å². The Bertz CT molecular complexity index is 176. The molecule has 82 valence electrons. The second kappa shape index (κ2) is 5.89. The number of nitrogens with zero attached hydrogens (tertiary/aromatic N) is 1. The molecule has 1 aliphatic carbocycles. The highest BCUT2D eigenvalue weighted by Gasteiger charge is 2.22. The summed E-state index contributed by atoms with van der Waals surface area (Å²) >= 11 is 0. The lowest BCUT2D eigenvalue weighted by Crippen LogP contribution is -2.42. The van der Waals surface area contributed by atoms with Crippen LogP contribution in [0.3, 0.4) is 0 Å². The largest absolute Gasteiger partial charge is 0.338 e. The van der Waals surface area contributed by atoms with Gasteiger partial charge in [-0.1, -0.05) is 26.2 Å². The van der Waals surface area contributed by atoms with Gasteiger partial charge < -0.3 is 10.2 Å². The van der Waals surface area contributed by atoms with E-state index in [1.165, 1.54) is 25.7 Å². The number of carbonyl (C=O) groups is 1. The Morgan fingerprint density at radius 1 is 1.43 bits per heavy atom. The van der Waals surface area contributed by atoms with E-state index in [2.05, 4.69) is 12.2 Å². The van der Waals surface area contributed by atoms with Gasteiger partial charge in [0.15, 0.2) is 0 Å². The number of hydrogen-bond acceptors (Lipinski definition) is 1. The fourth-order valence-corrected chi connectivity index (χ4v) is 1.95. The molecule has 0 aromatic carbocycles. The summed E-state index contributed by atoms with van der Waals surface area (Å²) in [6, 6.07) is 0.585. The van der Waals surface area contributed by atoms with Crippen LogP contribution in [-0.2, 0) is 0 Å². The van der Waals surface area contributed by atoms with Crippen molar-refractivity contribution in [3.8, 4) is 0 Å². The van der Waals surface area contributed by atoms with E-state index >= 15 is 0 Å². The molecule has 1 aliphatic rings. The molecule has 1 rings (SSSR count). The third-order valence-corrected chi connectivity index (χ3v) is 3.00. The summed E-state index contributed by atoms with van der Waals surface area (Å²) in [5, 5.41) is 2.95. The third kappa shape index (κ3) is 3.20. The van der Waals surface area contributed by atoms with Crippen molar-refractivity contribution in [3.63, 3.8) is 0 Å². The number of carbonyl (C=O) groups excluding carboxylic acids is 1. The van der Waals surface area contributed by atoms with Gasteiger partial charge in [0.2, 0.25) is 0 Å². The first-order chi connectivity index (χ1) is 6.75. The van der Waals surface area contributed by atoms with Crippen LogP contribution >= 0.6 is 0 Å². The van der Waals surface area contributed by atoms with Gasteiger partial charge in [-0.05, 0) is 19.3 Å². The van der Waals surface area contributed by atoms with Gasteiger partial charge in [0.1, 0.15) is 0 Å². The number of urea groups is 1. The van der Waals surface area contributed by atoms with Gasteiger partial charge in [-0.3, -0.25) is 0 Å². The third-order valence-electron chi connectivity index (χ3n) is 3.00. The highest BCUT2D eigenvalue weighted by Crippen LogP contribution is 2.22. The fourth-order valence-electron chi connectivity index (χ4n) is 1.95. The van der Waals surface area contributed by atoms with Gasteiger partial charge in [-0.15, -0.1) is 0 Å². The molecule has 1 N–H and O–H groups in total. The topological polar surface area (TPSA) is 32.3 Å². The van der Waals surface area contributed by atoms with Crippen molar-refractivity contribution in [1.29, 1.82) is 0 Å². The fraction of sp³-hybridized carbons (Fsp3) is 0.909. The van der Waals surface area contributed by atoms with Crippen molar-refractivity contribution in [3.05, 3.63) is 0 Å². The molecule has 1 saturated carbocycles. The molecule has 0 bridgehead atoms. The minimum Gasteiger partial charge on any atom is -0.338 e. The van der Waals surface area contributed by atoms with Gasteiger partial charge in [0, 0.05) is 19.6 Å². The molecule has 3 nitrogen and oxygen atoms in total. The van der Waals surface area contributed by atoms with Crippen molar-refractivity contribution in [2.75, 3.05) is 13.6 Å². The predicted octanol–water partition coefficient (Wildman–Crippen LogP) is 2.37. The SMILES string of the molecule is CCCCNC(=O)N(C)C1CCCC1. The number of rotatable bonds is 4. The summed E-state index contributed by atoms with van der Waals surface area (Å²) < 4.78 is 0. The number of hydrogen-bond donors (Lipinski definition) is 1. The Balaban J connectivity index is 2.21. The van der Waals surface area contributed by atoms with E-state index in [9.17, 15) is 4.79 Å². The maximum atomic E-state index is 11.6. The van der Waals surface area contributed by atoms with E-state index in [-0.39, 0.29) is 6.03 Å². The van der Waals surface area contributed by atoms with Crippen molar-refractivity contribution >= 4 is 6.03 Å². The van der Waals surface area contributed by atoms with E-state index < -0.39 is 0 Å². The van der Waals surface area contributed by atoms with Crippen LogP contribution in [0.1, 0.15) is 45.4 Å². The van der Waals surface area contributed by atoms with Crippen LogP contribution in [0, 0.1) is 0 Å². The summed E-state index contributed by atoms with van der Waals surface area (Å²) in [7, 11) is 1.91. The van der Waals surface area contributed by atoms with Crippen molar-refractivity contribution < 1.29 is 4.79 Å². The van der Waals surface area contributed by atoms with E-state index in [4.69, 9.17) is 0 Å². The predicted molar refractivity (Wildman–Crippen MR) is 58.3 cm³/mol. The summed E-state index contributed by atoms with van der Waals surface area (Å²) in [4.78, 5) is 13.5. The Morgan fingerprint density at radius 2 is 2.07 bits per heavy atom. The Morgan fingerprint density at radius 3 is 2.64 bits per heavy atom. The zero-order valence-electron chi connectivity index (χ0n) is 9.38. The molecule has 0 aromatic heterocycles. The average Bonchev–Trinajstić information content (AvgIpc) is 2.69. The molecule has 0 unspecified atom stereocenters. The molecular weight excluding hydrogens is 176 g/mol. The number of unbranched alkanes of at least 4 members (excludes halogenated alkanes) is 1. The van der Waals surface area contributed by atoms with Crippen LogP contribution < -0.4 is 5.32 Å². The van der Waals surface area contributed by atoms with Crippen LogP contribution in [0.25, 0.3) is 0 Å². The molecule has 0 aromatic rings. The van der Waals surface area contributed by atoms with Gasteiger partial charge in [0.05, 0.1) is 0 Å². The maximum Gasteiger partial charge on any atom is 0.317 e. The lowest BCUT2D eigenvalue weighted by molar-refractivity contribution is 0.191. The molecule has 0 atom stereocenters. The quantitative estimate of drug-likeness (QED) is 0.691. The Labute approximate surface area is 86.9 Å². The zero-order chi connectivity index (χ0) is 10.4. The van der Waals surface area contributed by atoms with Crippen molar-refractivity contribution in [2.45, 2.75) is 51.5 Å². The molecule has 0 heterocycles. The summed E-state index contributed by atoms with van der Waals surface area (Å²) in [5.41, 5.74) is 0. The lowest BCUT2D eigenvalue weighted by atomic mass is 10.2. The van der Waals surface area contributed by atoms with Gasteiger partial charge in [-0.25, -0.2) is 4.79 Å². The molecule has 0 radical (unpaired) electrons. The molecular formula is C11H22N2O. The molecule has 0 spiro atoms. The van der Waals surface area contributed by atoms with Gasteiger partial charge in [-0.2, -0.15) is 0 Å². The maximum absolute atomic E-state index is 11.6. The second-order valence-electron chi connectivity index (χ2n) is 4.13. The van der Waals surface area contributed by atoms with E-state index in [0.717, 1.165) is 19.4 Å². The highest BCUT2D eigenvalue weighted by atomic mass is 16.2. The van der Waals surface area contributed by atoms with Crippen LogP contribution in [0.15, 0.2) is 0 Å². The zero-order valence-corrected chi connectivity index (χ0v) is 9.38. The number of nitrogens with one attached hydrogen (secondary N) is 1. The highest BCUT2D eigenvalue weighted by molar-refractivity contribution is 5.74. The molecule has 2 amide bonds. The van der Waals surface area contributed by atoms with Crippen LogP contribution in [0.5, 0.6) is 0 Å². The summed E-state index contributed by atoms with van der Waals surface area (Å²) in [5.74, 6) is 0. The second-order valence-corrected chi connectivity index (χ2v) is 4.13. The first-order valence-electron chi connectivity index (χ1n) is 5.76. The average molecular weight is 198 g/mol. The van der Waals surface area contributed by atoms with E-state index in [1.54, 1.807) is 0 Å². The van der Waals surface area contributed by atoms with Gasteiger partial charge in [0.25, 0.3) is 0 Å². The monoisotopic (exact) mass is 198 g/mol. The van der Waals surface area contributed by atoms with Crippen LogP contribution in [-0.4, -0.2) is 30.6 Å². The molecule has 3 heteroatoms. The minimum atomic E-state index is 0.102. The van der Waals surface area contributed by atoms with Crippen LogP contribution in [0.4, 0.5) is 4.79 Å². The molecule has 1 fully saturated rings. The number of amides is 2. The first kappa shape index (κ1) is 11.3. The smallest absolute Gasteiger partial charge is 0.317 e.